The Morgan fingerprint density at radius 1 is 1.00 bits per heavy atom. The summed E-state index contributed by atoms with van der Waals surface area (Å²) >= 11 is 0. The second kappa shape index (κ2) is 6.22. The summed E-state index contributed by atoms with van der Waals surface area (Å²) in [6, 6.07) is 18.1. The smallest absolute Gasteiger partial charge is 0.130 e. The first-order chi connectivity index (χ1) is 8.79. The van der Waals surface area contributed by atoms with Crippen LogP contribution in [0.2, 0.25) is 0 Å². The van der Waals surface area contributed by atoms with Crippen LogP contribution in [0.4, 0.5) is 0 Å². The van der Waals surface area contributed by atoms with E-state index in [-0.39, 0.29) is 6.04 Å². The lowest BCUT2D eigenvalue weighted by Gasteiger charge is -2.14. The van der Waals surface area contributed by atoms with Gasteiger partial charge in [0, 0.05) is 6.04 Å². The van der Waals surface area contributed by atoms with E-state index in [4.69, 9.17) is 10.5 Å². The molecular formula is C16H19NO. The molecule has 0 aliphatic heterocycles. The summed E-state index contributed by atoms with van der Waals surface area (Å²) in [5.41, 5.74) is 7.17. The number of hydrogen-bond donors (Lipinski definition) is 1. The summed E-state index contributed by atoms with van der Waals surface area (Å²) in [4.78, 5) is 0. The maximum Gasteiger partial charge on any atom is 0.130 e. The highest BCUT2D eigenvalue weighted by atomic mass is 16.5. The predicted molar refractivity (Wildman–Crippen MR) is 74.9 cm³/mol. The molecule has 0 aliphatic rings. The van der Waals surface area contributed by atoms with Gasteiger partial charge in [0.25, 0.3) is 0 Å². The maximum atomic E-state index is 6.01. The summed E-state index contributed by atoms with van der Waals surface area (Å²) in [6.07, 6.45) is 1.82. The van der Waals surface area contributed by atoms with Crippen LogP contribution >= 0.6 is 0 Å². The zero-order chi connectivity index (χ0) is 12.8. The lowest BCUT2D eigenvalue weighted by molar-refractivity contribution is 0.472. The molecule has 0 saturated heterocycles. The molecule has 0 saturated carbocycles. The molecule has 2 nitrogen and oxygen atoms in total. The molecule has 2 heteroatoms. The topological polar surface area (TPSA) is 35.2 Å². The van der Waals surface area contributed by atoms with Gasteiger partial charge in [-0.2, -0.15) is 0 Å². The van der Waals surface area contributed by atoms with Crippen LogP contribution < -0.4 is 10.5 Å². The first kappa shape index (κ1) is 12.7. The van der Waals surface area contributed by atoms with E-state index in [0.717, 1.165) is 29.9 Å². The monoisotopic (exact) mass is 241 g/mol. The number of ether oxygens (including phenoxy) is 1. The Kier molecular flexibility index (Phi) is 4.37. The molecule has 0 spiro atoms. The molecule has 1 unspecified atom stereocenters. The van der Waals surface area contributed by atoms with Gasteiger partial charge in [-0.25, -0.2) is 0 Å². The minimum atomic E-state index is 0.186. The van der Waals surface area contributed by atoms with Gasteiger partial charge in [0.15, 0.2) is 0 Å². The average Bonchev–Trinajstić information content (AvgIpc) is 2.42. The van der Waals surface area contributed by atoms with Crippen LogP contribution in [0.25, 0.3) is 0 Å². The molecule has 2 aromatic carbocycles. The second-order valence-electron chi connectivity index (χ2n) is 4.40. The van der Waals surface area contributed by atoms with Crippen molar-refractivity contribution in [1.82, 2.24) is 0 Å². The first-order valence-electron chi connectivity index (χ1n) is 6.36. The van der Waals surface area contributed by atoms with Crippen LogP contribution in [-0.2, 0) is 6.42 Å². The minimum Gasteiger partial charge on any atom is -0.457 e. The first-order valence-corrected chi connectivity index (χ1v) is 6.36. The molecule has 18 heavy (non-hydrogen) atoms. The van der Waals surface area contributed by atoms with E-state index in [1.807, 2.05) is 48.5 Å². The van der Waals surface area contributed by atoms with Crippen LogP contribution in [0.5, 0.6) is 11.5 Å². The van der Waals surface area contributed by atoms with E-state index in [2.05, 4.69) is 13.0 Å². The van der Waals surface area contributed by atoms with E-state index in [1.165, 1.54) is 0 Å². The van der Waals surface area contributed by atoms with Gasteiger partial charge in [-0.1, -0.05) is 43.3 Å². The minimum absolute atomic E-state index is 0.186. The zero-order valence-electron chi connectivity index (χ0n) is 10.7. The summed E-state index contributed by atoms with van der Waals surface area (Å²) < 4.78 is 5.90. The molecular weight excluding hydrogens is 222 g/mol. The van der Waals surface area contributed by atoms with Gasteiger partial charge in [-0.15, -0.1) is 0 Å². The number of hydrogen-bond acceptors (Lipinski definition) is 2. The molecule has 0 aliphatic carbocycles. The van der Waals surface area contributed by atoms with Gasteiger partial charge in [0.2, 0.25) is 0 Å². The van der Waals surface area contributed by atoms with Crippen molar-refractivity contribution in [2.45, 2.75) is 25.8 Å². The quantitative estimate of drug-likeness (QED) is 0.865. The van der Waals surface area contributed by atoms with Crippen LogP contribution in [0.15, 0.2) is 54.6 Å². The van der Waals surface area contributed by atoms with E-state index < -0.39 is 0 Å². The SMILES string of the molecule is CCC(N)Cc1ccccc1Oc1ccccc1. The van der Waals surface area contributed by atoms with Crippen molar-refractivity contribution in [1.29, 1.82) is 0 Å². The van der Waals surface area contributed by atoms with Crippen LogP contribution in [0.3, 0.4) is 0 Å². The summed E-state index contributed by atoms with van der Waals surface area (Å²) in [5.74, 6) is 1.75. The molecule has 0 bridgehead atoms. The summed E-state index contributed by atoms with van der Waals surface area (Å²) in [7, 11) is 0. The van der Waals surface area contributed by atoms with Gasteiger partial charge in [0.05, 0.1) is 0 Å². The molecule has 0 fully saturated rings. The van der Waals surface area contributed by atoms with E-state index >= 15 is 0 Å². The Hall–Kier alpha value is -1.80. The van der Waals surface area contributed by atoms with Crippen molar-refractivity contribution >= 4 is 0 Å². The Morgan fingerprint density at radius 2 is 1.67 bits per heavy atom. The fourth-order valence-electron chi connectivity index (χ4n) is 1.81. The Balaban J connectivity index is 2.17. The summed E-state index contributed by atoms with van der Waals surface area (Å²) in [5, 5.41) is 0. The highest BCUT2D eigenvalue weighted by Crippen LogP contribution is 2.25. The van der Waals surface area contributed by atoms with E-state index in [0.29, 0.717) is 0 Å². The fourth-order valence-corrected chi connectivity index (χ4v) is 1.81. The maximum absolute atomic E-state index is 6.01. The van der Waals surface area contributed by atoms with Gasteiger partial charge >= 0.3 is 0 Å². The zero-order valence-corrected chi connectivity index (χ0v) is 10.7. The predicted octanol–water partition coefficient (Wildman–Crippen LogP) is 3.76. The highest BCUT2D eigenvalue weighted by Gasteiger charge is 2.07. The van der Waals surface area contributed by atoms with Crippen LogP contribution in [-0.4, -0.2) is 6.04 Å². The molecule has 0 heterocycles. The lowest BCUT2D eigenvalue weighted by atomic mass is 10.0. The molecule has 2 rings (SSSR count). The molecule has 0 aromatic heterocycles. The van der Waals surface area contributed by atoms with Gasteiger partial charge < -0.3 is 10.5 Å². The van der Waals surface area contributed by atoms with Crippen molar-refractivity contribution in [2.75, 3.05) is 0 Å². The molecule has 2 aromatic rings. The average molecular weight is 241 g/mol. The molecule has 0 radical (unpaired) electrons. The third-order valence-corrected chi connectivity index (χ3v) is 2.95. The van der Waals surface area contributed by atoms with Crippen LogP contribution in [0.1, 0.15) is 18.9 Å². The molecule has 94 valence electrons. The van der Waals surface area contributed by atoms with Crippen molar-refractivity contribution < 1.29 is 4.74 Å². The summed E-state index contributed by atoms with van der Waals surface area (Å²) in [6.45, 7) is 2.10. The van der Waals surface area contributed by atoms with Crippen molar-refractivity contribution in [3.63, 3.8) is 0 Å². The normalized spacial score (nSPS) is 12.1. The third kappa shape index (κ3) is 3.34. The second-order valence-corrected chi connectivity index (χ2v) is 4.40. The number of benzene rings is 2. The van der Waals surface area contributed by atoms with Crippen molar-refractivity contribution in [3.8, 4) is 11.5 Å². The van der Waals surface area contributed by atoms with Gasteiger partial charge in [0.1, 0.15) is 11.5 Å². The van der Waals surface area contributed by atoms with Gasteiger partial charge in [-0.3, -0.25) is 0 Å². The number of para-hydroxylation sites is 2. The largest absolute Gasteiger partial charge is 0.457 e. The van der Waals surface area contributed by atoms with E-state index in [1.54, 1.807) is 0 Å². The Morgan fingerprint density at radius 3 is 2.39 bits per heavy atom. The molecule has 1 atom stereocenters. The molecule has 0 amide bonds. The number of nitrogens with two attached hydrogens (primary N) is 1. The van der Waals surface area contributed by atoms with Crippen LogP contribution in [0, 0.1) is 0 Å². The lowest BCUT2D eigenvalue weighted by Crippen LogP contribution is -2.21. The van der Waals surface area contributed by atoms with Crippen molar-refractivity contribution in [2.24, 2.45) is 5.73 Å². The van der Waals surface area contributed by atoms with Gasteiger partial charge in [-0.05, 0) is 36.6 Å². The number of rotatable bonds is 5. The molecule has 2 N–H and O–H groups in total. The van der Waals surface area contributed by atoms with E-state index in [9.17, 15) is 0 Å². The highest BCUT2D eigenvalue weighted by molar-refractivity contribution is 5.38. The standard InChI is InChI=1S/C16H19NO/c1-2-14(17)12-13-8-6-7-11-16(13)18-15-9-4-3-5-10-15/h3-11,14H,2,12,17H2,1H3. The Bertz CT molecular complexity index is 481. The third-order valence-electron chi connectivity index (χ3n) is 2.95. The van der Waals surface area contributed by atoms with Crippen molar-refractivity contribution in [3.05, 3.63) is 60.2 Å². The fraction of sp³-hybridized carbons (Fsp3) is 0.250. The Labute approximate surface area is 108 Å².